The fraction of sp³-hybridized carbons (Fsp3) is 0.438. The number of ether oxygens (including phenoxy) is 2. The second kappa shape index (κ2) is 10.7. The summed E-state index contributed by atoms with van der Waals surface area (Å²) in [4.78, 5) is 76.8. The van der Waals surface area contributed by atoms with Crippen LogP contribution < -0.4 is 0 Å². The maximum atomic E-state index is 13.0. The Morgan fingerprint density at radius 3 is 1.23 bits per heavy atom. The zero-order chi connectivity index (χ0) is 29.6. The van der Waals surface area contributed by atoms with Gasteiger partial charge in [-0.1, -0.05) is 24.3 Å². The van der Waals surface area contributed by atoms with E-state index in [0.29, 0.717) is 12.8 Å². The molecule has 0 heterocycles. The van der Waals surface area contributed by atoms with Crippen LogP contribution in [-0.4, -0.2) is 59.1 Å². The molecule has 2 aliphatic carbocycles. The molecule has 8 nitrogen and oxygen atoms in total. The molecule has 0 amide bonds. The molecule has 0 fully saturated rings. The Morgan fingerprint density at radius 1 is 0.575 bits per heavy atom. The molecule has 40 heavy (non-hydrogen) atoms. The second-order valence-corrected chi connectivity index (χ2v) is 12.3. The van der Waals surface area contributed by atoms with E-state index in [-0.39, 0.29) is 35.5 Å². The van der Waals surface area contributed by atoms with E-state index < -0.39 is 57.7 Å². The van der Waals surface area contributed by atoms with Gasteiger partial charge in [0, 0.05) is 22.3 Å². The lowest BCUT2D eigenvalue weighted by Gasteiger charge is -2.19. The van der Waals surface area contributed by atoms with Crippen LogP contribution in [0.3, 0.4) is 0 Å². The summed E-state index contributed by atoms with van der Waals surface area (Å²) in [6, 6.07) is 9.91. The Kier molecular flexibility index (Phi) is 7.89. The van der Waals surface area contributed by atoms with E-state index in [1.54, 1.807) is 77.9 Å². The van der Waals surface area contributed by atoms with Gasteiger partial charge < -0.3 is 9.47 Å². The maximum absolute atomic E-state index is 13.0. The summed E-state index contributed by atoms with van der Waals surface area (Å²) in [5, 5.41) is 0. The van der Waals surface area contributed by atoms with Crippen molar-refractivity contribution in [1.82, 2.24) is 0 Å². The zero-order valence-electron chi connectivity index (χ0n) is 23.7. The number of carbonyl (C=O) groups is 6. The van der Waals surface area contributed by atoms with E-state index >= 15 is 0 Å². The van der Waals surface area contributed by atoms with Gasteiger partial charge in [-0.2, -0.15) is 0 Å². The number of ketones is 6. The maximum Gasteiger partial charge on any atom is 0.182 e. The molecular weight excluding hydrogens is 512 g/mol. The molecule has 2 atom stereocenters. The van der Waals surface area contributed by atoms with Crippen molar-refractivity contribution in [3.63, 3.8) is 0 Å². The summed E-state index contributed by atoms with van der Waals surface area (Å²) in [7, 11) is 0. The fourth-order valence-corrected chi connectivity index (χ4v) is 4.81. The number of carbonyl (C=O) groups excluding carboxylic acids is 6. The molecular formula is C32H34O8. The van der Waals surface area contributed by atoms with E-state index in [9.17, 15) is 28.8 Å². The smallest absolute Gasteiger partial charge is 0.182 e. The normalized spacial score (nSPS) is 18.8. The lowest BCUT2D eigenvalue weighted by Crippen LogP contribution is -2.32. The number of rotatable bonds is 9. The molecule has 0 aliphatic heterocycles. The molecule has 0 bridgehead atoms. The minimum absolute atomic E-state index is 0.227. The third kappa shape index (κ3) is 6.08. The summed E-state index contributed by atoms with van der Waals surface area (Å²) in [5.41, 5.74) is 1.34. The van der Waals surface area contributed by atoms with Gasteiger partial charge in [-0.15, -0.1) is 0 Å². The van der Waals surface area contributed by atoms with Gasteiger partial charge in [0.2, 0.25) is 0 Å². The van der Waals surface area contributed by atoms with E-state index in [2.05, 4.69) is 0 Å². The van der Waals surface area contributed by atoms with E-state index in [4.69, 9.17) is 9.47 Å². The Hall–Kier alpha value is -3.62. The number of Topliss-reactive ketones (excluding diaryl/α,β-unsaturated/α-hetero) is 6. The molecule has 2 aromatic carbocycles. The molecule has 0 N–H and O–H groups in total. The third-order valence-electron chi connectivity index (χ3n) is 6.92. The van der Waals surface area contributed by atoms with Crippen molar-refractivity contribution in [2.24, 2.45) is 11.8 Å². The predicted molar refractivity (Wildman–Crippen MR) is 146 cm³/mol. The molecule has 0 aromatic heterocycles. The van der Waals surface area contributed by atoms with Crippen molar-refractivity contribution in [2.45, 2.75) is 65.6 Å². The highest BCUT2D eigenvalue weighted by atomic mass is 16.5. The molecule has 0 saturated heterocycles. The topological polar surface area (TPSA) is 121 Å². The van der Waals surface area contributed by atoms with Gasteiger partial charge in [0.15, 0.2) is 34.7 Å². The van der Waals surface area contributed by atoms with Gasteiger partial charge in [-0.3, -0.25) is 28.8 Å². The highest BCUT2D eigenvalue weighted by Crippen LogP contribution is 2.31. The molecule has 8 heteroatoms. The Labute approximate surface area is 233 Å². The number of fused-ring (bicyclic) bond motifs is 2. The lowest BCUT2D eigenvalue weighted by molar-refractivity contribution is -0.130. The van der Waals surface area contributed by atoms with Crippen LogP contribution in [0, 0.1) is 11.8 Å². The van der Waals surface area contributed by atoms with Gasteiger partial charge in [0.1, 0.15) is 25.0 Å². The molecule has 210 valence electrons. The average molecular weight is 547 g/mol. The van der Waals surface area contributed by atoms with Crippen molar-refractivity contribution in [3.8, 4) is 0 Å². The van der Waals surface area contributed by atoms with Crippen LogP contribution in [0.5, 0.6) is 0 Å². The number of aryl methyl sites for hydroxylation is 2. The summed E-state index contributed by atoms with van der Waals surface area (Å²) in [6.45, 7) is 10.1. The standard InChI is InChI=1S/C32H34O8/c1-31(2,3)39-15-23(33)25-27(35)19-11-9-17(13-21(19)29(25)37)7-8-18-10-12-20-22(14-18)30(38)26(28(20)36)24(34)16-40-32(4,5)6/h9-14,25-26H,7-8,15-16H2,1-6H3. The Morgan fingerprint density at radius 2 is 0.900 bits per heavy atom. The van der Waals surface area contributed by atoms with E-state index in [1.165, 1.54) is 0 Å². The Bertz CT molecular complexity index is 1320. The van der Waals surface area contributed by atoms with Crippen LogP contribution in [0.2, 0.25) is 0 Å². The SMILES string of the molecule is CC(C)(C)OCC(=O)C1C(=O)c2ccc(CCc3ccc4c(c3)C(=O)C(C(=O)COC(C)(C)C)C4=O)cc2C1=O. The van der Waals surface area contributed by atoms with Crippen LogP contribution in [0.1, 0.15) is 94.1 Å². The molecule has 2 unspecified atom stereocenters. The zero-order valence-corrected chi connectivity index (χ0v) is 23.7. The van der Waals surface area contributed by atoms with Gasteiger partial charge in [0.25, 0.3) is 0 Å². The fourth-order valence-electron chi connectivity index (χ4n) is 4.81. The average Bonchev–Trinajstić information content (AvgIpc) is 3.27. The third-order valence-corrected chi connectivity index (χ3v) is 6.92. The highest BCUT2D eigenvalue weighted by molar-refractivity contribution is 6.36. The van der Waals surface area contributed by atoms with Gasteiger partial charge in [-0.25, -0.2) is 0 Å². The number of benzene rings is 2. The molecule has 0 saturated carbocycles. The van der Waals surface area contributed by atoms with Crippen molar-refractivity contribution >= 4 is 34.7 Å². The summed E-state index contributed by atoms with van der Waals surface area (Å²) >= 11 is 0. The van der Waals surface area contributed by atoms with E-state index in [0.717, 1.165) is 11.1 Å². The predicted octanol–water partition coefficient (Wildman–Crippen LogP) is 4.23. The first-order chi connectivity index (χ1) is 18.6. The summed E-state index contributed by atoms with van der Waals surface area (Å²) in [6.07, 6.45) is 0.979. The van der Waals surface area contributed by atoms with E-state index in [1.807, 2.05) is 0 Å². The van der Waals surface area contributed by atoms with Crippen molar-refractivity contribution in [2.75, 3.05) is 13.2 Å². The first-order valence-electron chi connectivity index (χ1n) is 13.3. The number of hydrogen-bond donors (Lipinski definition) is 0. The molecule has 4 rings (SSSR count). The van der Waals surface area contributed by atoms with Crippen LogP contribution in [0.4, 0.5) is 0 Å². The summed E-state index contributed by atoms with van der Waals surface area (Å²) < 4.78 is 11.0. The highest BCUT2D eigenvalue weighted by Gasteiger charge is 2.44. The molecule has 2 aliphatic rings. The van der Waals surface area contributed by atoms with Gasteiger partial charge >= 0.3 is 0 Å². The van der Waals surface area contributed by atoms with Crippen LogP contribution in [0.25, 0.3) is 0 Å². The van der Waals surface area contributed by atoms with Crippen molar-refractivity contribution in [3.05, 3.63) is 69.8 Å². The minimum atomic E-state index is -1.38. The van der Waals surface area contributed by atoms with Crippen LogP contribution in [0.15, 0.2) is 36.4 Å². The number of hydrogen-bond acceptors (Lipinski definition) is 8. The van der Waals surface area contributed by atoms with Gasteiger partial charge in [0.05, 0.1) is 11.2 Å². The van der Waals surface area contributed by atoms with Crippen LogP contribution in [-0.2, 0) is 31.9 Å². The Balaban J connectivity index is 1.44. The monoisotopic (exact) mass is 546 g/mol. The lowest BCUT2D eigenvalue weighted by atomic mass is 9.97. The van der Waals surface area contributed by atoms with Crippen molar-refractivity contribution in [1.29, 1.82) is 0 Å². The van der Waals surface area contributed by atoms with Crippen LogP contribution >= 0.6 is 0 Å². The summed E-state index contributed by atoms with van der Waals surface area (Å²) in [5.74, 6) is -5.91. The van der Waals surface area contributed by atoms with Gasteiger partial charge in [-0.05, 0) is 77.6 Å². The molecule has 2 aromatic rings. The largest absolute Gasteiger partial charge is 0.368 e. The second-order valence-electron chi connectivity index (χ2n) is 12.3. The first kappa shape index (κ1) is 29.4. The quantitative estimate of drug-likeness (QED) is 0.429. The van der Waals surface area contributed by atoms with Crippen molar-refractivity contribution < 1.29 is 38.2 Å². The minimum Gasteiger partial charge on any atom is -0.368 e. The first-order valence-corrected chi connectivity index (χ1v) is 13.3. The molecule has 0 radical (unpaired) electrons. The molecule has 0 spiro atoms.